The number of rotatable bonds is 3. The highest BCUT2D eigenvalue weighted by molar-refractivity contribution is 5.90. The van der Waals surface area contributed by atoms with E-state index in [9.17, 15) is 4.39 Å². The molecular weight excluding hydrogens is 249 g/mol. The minimum Gasteiger partial charge on any atom is -0.494 e. The van der Waals surface area contributed by atoms with Crippen LogP contribution >= 0.6 is 0 Å². The van der Waals surface area contributed by atoms with Gasteiger partial charge in [-0.05, 0) is 18.6 Å². The molecule has 6 heteroatoms. The second-order valence-corrected chi connectivity index (χ2v) is 4.41. The van der Waals surface area contributed by atoms with E-state index in [1.165, 1.54) is 13.4 Å². The van der Waals surface area contributed by atoms with Gasteiger partial charge in [0.2, 0.25) is 0 Å². The number of nitrogens with zero attached hydrogens (tertiary/aromatic N) is 2. The smallest absolute Gasteiger partial charge is 0.191 e. The lowest BCUT2D eigenvalue weighted by molar-refractivity contribution is 0.195. The van der Waals surface area contributed by atoms with E-state index in [4.69, 9.17) is 9.47 Å². The van der Waals surface area contributed by atoms with Crippen LogP contribution in [-0.2, 0) is 4.74 Å². The van der Waals surface area contributed by atoms with E-state index in [2.05, 4.69) is 15.3 Å². The number of benzene rings is 1. The minimum absolute atomic E-state index is 0.182. The first-order valence-corrected chi connectivity index (χ1v) is 6.11. The molecule has 1 unspecified atom stereocenters. The molecule has 0 bridgehead atoms. The van der Waals surface area contributed by atoms with Crippen molar-refractivity contribution in [3.05, 3.63) is 24.3 Å². The highest BCUT2D eigenvalue weighted by Crippen LogP contribution is 2.28. The van der Waals surface area contributed by atoms with Crippen molar-refractivity contribution >= 4 is 16.7 Å². The van der Waals surface area contributed by atoms with Gasteiger partial charge in [-0.1, -0.05) is 0 Å². The zero-order valence-corrected chi connectivity index (χ0v) is 10.5. The van der Waals surface area contributed by atoms with Crippen LogP contribution in [0.1, 0.15) is 6.42 Å². The first-order valence-electron chi connectivity index (χ1n) is 6.11. The van der Waals surface area contributed by atoms with Crippen molar-refractivity contribution in [1.82, 2.24) is 9.97 Å². The fraction of sp³-hybridized carbons (Fsp3) is 0.385. The summed E-state index contributed by atoms with van der Waals surface area (Å²) in [5, 5.41) is 3.91. The Morgan fingerprint density at radius 1 is 1.42 bits per heavy atom. The van der Waals surface area contributed by atoms with Gasteiger partial charge in [-0.3, -0.25) is 0 Å². The Morgan fingerprint density at radius 2 is 2.32 bits per heavy atom. The molecule has 0 saturated carbocycles. The number of nitrogens with one attached hydrogen (secondary N) is 1. The number of fused-ring (bicyclic) bond motifs is 1. The van der Waals surface area contributed by atoms with Gasteiger partial charge in [-0.25, -0.2) is 14.4 Å². The topological polar surface area (TPSA) is 56.3 Å². The molecule has 1 aliphatic heterocycles. The van der Waals surface area contributed by atoms with Gasteiger partial charge in [0.25, 0.3) is 0 Å². The van der Waals surface area contributed by atoms with Crippen molar-refractivity contribution in [2.24, 2.45) is 0 Å². The van der Waals surface area contributed by atoms with Crippen LogP contribution in [0.3, 0.4) is 0 Å². The summed E-state index contributed by atoms with van der Waals surface area (Å²) in [4.78, 5) is 8.17. The Kier molecular flexibility index (Phi) is 3.16. The van der Waals surface area contributed by atoms with Gasteiger partial charge in [0, 0.05) is 12.0 Å². The third kappa shape index (κ3) is 2.19. The van der Waals surface area contributed by atoms with Crippen LogP contribution < -0.4 is 10.1 Å². The summed E-state index contributed by atoms with van der Waals surface area (Å²) in [6, 6.07) is 3.55. The quantitative estimate of drug-likeness (QED) is 0.917. The minimum atomic E-state index is -0.465. The van der Waals surface area contributed by atoms with Gasteiger partial charge in [-0.2, -0.15) is 0 Å². The van der Waals surface area contributed by atoms with E-state index in [0.717, 1.165) is 13.0 Å². The third-order valence-corrected chi connectivity index (χ3v) is 3.20. The Morgan fingerprint density at radius 3 is 3.05 bits per heavy atom. The van der Waals surface area contributed by atoms with Crippen LogP contribution in [0.4, 0.5) is 10.2 Å². The molecule has 2 heterocycles. The standard InChI is InChI=1S/C13H14FN3O2/c1-18-10-3-2-9-12(11(10)14)15-7-16-13(9)17-8-4-5-19-6-8/h2-3,7-8H,4-6H2,1H3,(H,15,16,17). The number of halogens is 1. The van der Waals surface area contributed by atoms with Gasteiger partial charge >= 0.3 is 0 Å². The van der Waals surface area contributed by atoms with Crippen molar-refractivity contribution in [2.75, 3.05) is 25.6 Å². The molecule has 1 atom stereocenters. The molecule has 1 N–H and O–H groups in total. The molecule has 1 aromatic carbocycles. The zero-order chi connectivity index (χ0) is 13.2. The summed E-state index contributed by atoms with van der Waals surface area (Å²) in [6.45, 7) is 1.38. The summed E-state index contributed by atoms with van der Waals surface area (Å²) < 4.78 is 24.3. The zero-order valence-electron chi connectivity index (χ0n) is 10.5. The van der Waals surface area contributed by atoms with Crippen LogP contribution in [0.15, 0.2) is 18.5 Å². The summed E-state index contributed by atoms with van der Waals surface area (Å²) in [6.07, 6.45) is 2.27. The molecule has 0 spiro atoms. The van der Waals surface area contributed by atoms with Gasteiger partial charge in [0.1, 0.15) is 17.7 Å². The largest absolute Gasteiger partial charge is 0.494 e. The summed E-state index contributed by atoms with van der Waals surface area (Å²) in [7, 11) is 1.43. The highest BCUT2D eigenvalue weighted by atomic mass is 19.1. The SMILES string of the molecule is COc1ccc2c(NC3CCOC3)ncnc2c1F. The highest BCUT2D eigenvalue weighted by Gasteiger charge is 2.18. The lowest BCUT2D eigenvalue weighted by atomic mass is 10.2. The molecule has 1 aromatic heterocycles. The van der Waals surface area contributed by atoms with E-state index >= 15 is 0 Å². The first-order chi connectivity index (χ1) is 9.29. The van der Waals surface area contributed by atoms with Crippen molar-refractivity contribution in [3.63, 3.8) is 0 Å². The molecule has 1 fully saturated rings. The maximum atomic E-state index is 14.1. The molecule has 3 rings (SSSR count). The number of aromatic nitrogens is 2. The van der Waals surface area contributed by atoms with Crippen molar-refractivity contribution in [1.29, 1.82) is 0 Å². The second kappa shape index (κ2) is 4.97. The van der Waals surface area contributed by atoms with Gasteiger partial charge < -0.3 is 14.8 Å². The maximum absolute atomic E-state index is 14.1. The Balaban J connectivity index is 2.02. The van der Waals surface area contributed by atoms with E-state index in [-0.39, 0.29) is 17.3 Å². The molecule has 5 nitrogen and oxygen atoms in total. The summed E-state index contributed by atoms with van der Waals surface area (Å²) in [5.74, 6) is 0.344. The number of ether oxygens (including phenoxy) is 2. The average Bonchev–Trinajstić information content (AvgIpc) is 2.93. The van der Waals surface area contributed by atoms with Gasteiger partial charge in [0.05, 0.1) is 19.8 Å². The molecule has 100 valence electrons. The van der Waals surface area contributed by atoms with Crippen LogP contribution in [0.5, 0.6) is 5.75 Å². The molecule has 1 aliphatic rings. The van der Waals surface area contributed by atoms with Gasteiger partial charge in [0.15, 0.2) is 11.6 Å². The lowest BCUT2D eigenvalue weighted by Crippen LogP contribution is -2.20. The van der Waals surface area contributed by atoms with E-state index in [1.807, 2.05) is 0 Å². The first kappa shape index (κ1) is 12.1. The second-order valence-electron chi connectivity index (χ2n) is 4.41. The molecule has 2 aromatic rings. The van der Waals surface area contributed by atoms with Crippen molar-refractivity contribution in [3.8, 4) is 5.75 Å². The van der Waals surface area contributed by atoms with Crippen molar-refractivity contribution in [2.45, 2.75) is 12.5 Å². The average molecular weight is 263 g/mol. The predicted octanol–water partition coefficient (Wildman–Crippen LogP) is 1.98. The number of hydrogen-bond acceptors (Lipinski definition) is 5. The predicted molar refractivity (Wildman–Crippen MR) is 68.9 cm³/mol. The van der Waals surface area contributed by atoms with E-state index < -0.39 is 5.82 Å². The Bertz CT molecular complexity index is 600. The number of hydrogen-bond donors (Lipinski definition) is 1. The summed E-state index contributed by atoms with van der Waals surface area (Å²) in [5.41, 5.74) is 0.260. The van der Waals surface area contributed by atoms with E-state index in [0.29, 0.717) is 17.8 Å². The number of methoxy groups -OCH3 is 1. The van der Waals surface area contributed by atoms with Crippen LogP contribution in [0.2, 0.25) is 0 Å². The lowest BCUT2D eigenvalue weighted by Gasteiger charge is -2.13. The third-order valence-electron chi connectivity index (χ3n) is 3.20. The van der Waals surface area contributed by atoms with Crippen LogP contribution in [-0.4, -0.2) is 36.3 Å². The van der Waals surface area contributed by atoms with Crippen molar-refractivity contribution < 1.29 is 13.9 Å². The fourth-order valence-electron chi connectivity index (χ4n) is 2.19. The van der Waals surface area contributed by atoms with Gasteiger partial charge in [-0.15, -0.1) is 0 Å². The molecule has 1 saturated heterocycles. The molecule has 0 amide bonds. The summed E-state index contributed by atoms with van der Waals surface area (Å²) >= 11 is 0. The fourth-order valence-corrected chi connectivity index (χ4v) is 2.19. The normalized spacial score (nSPS) is 18.7. The molecule has 0 aliphatic carbocycles. The number of anilines is 1. The monoisotopic (exact) mass is 263 g/mol. The van der Waals surface area contributed by atoms with E-state index in [1.54, 1.807) is 12.1 Å². The maximum Gasteiger partial charge on any atom is 0.191 e. The molecule has 19 heavy (non-hydrogen) atoms. The molecule has 0 radical (unpaired) electrons. The van der Waals surface area contributed by atoms with Crippen LogP contribution in [0, 0.1) is 5.82 Å². The molecular formula is C13H14FN3O2. The Labute approximate surface area is 109 Å². The Hall–Kier alpha value is -1.95. The van der Waals surface area contributed by atoms with Crippen LogP contribution in [0.25, 0.3) is 10.9 Å².